The zero-order chi connectivity index (χ0) is 22.7. The van der Waals surface area contributed by atoms with Gasteiger partial charge >= 0.3 is 12.1 Å². The number of amides is 3. The van der Waals surface area contributed by atoms with Gasteiger partial charge in [-0.25, -0.2) is 9.59 Å². The van der Waals surface area contributed by atoms with Crippen molar-refractivity contribution < 1.29 is 14.3 Å². The number of carbonyl (C=O) groups is 2. The number of anilines is 1. The monoisotopic (exact) mass is 433 g/mol. The molecule has 0 radical (unpaired) electrons. The summed E-state index contributed by atoms with van der Waals surface area (Å²) in [5.41, 5.74) is 5.13. The molecule has 1 unspecified atom stereocenters. The number of urea groups is 1. The number of nitrogens with one attached hydrogen (secondary N) is 2. The minimum atomic E-state index is -0.490. The average molecular weight is 434 g/mol. The van der Waals surface area contributed by atoms with E-state index in [0.717, 1.165) is 30.5 Å². The minimum absolute atomic E-state index is 0.0816. The first-order valence-electron chi connectivity index (χ1n) is 11.2. The Kier molecular flexibility index (Phi) is 6.21. The third-order valence-corrected chi connectivity index (χ3v) is 5.77. The van der Waals surface area contributed by atoms with E-state index < -0.39 is 5.60 Å². The highest BCUT2D eigenvalue weighted by Gasteiger charge is 2.23. The second-order valence-corrected chi connectivity index (χ2v) is 9.48. The van der Waals surface area contributed by atoms with E-state index in [2.05, 4.69) is 28.8 Å². The molecule has 6 heteroatoms. The Bertz CT molecular complexity index is 996. The van der Waals surface area contributed by atoms with Gasteiger partial charge in [0.2, 0.25) is 0 Å². The number of carbonyl (C=O) groups excluding carboxylic acids is 2. The first-order valence-corrected chi connectivity index (χ1v) is 11.2. The Morgan fingerprint density at radius 3 is 2.22 bits per heavy atom. The molecule has 1 atom stereocenters. The molecule has 1 aliphatic carbocycles. The van der Waals surface area contributed by atoms with E-state index >= 15 is 0 Å². The second kappa shape index (κ2) is 9.07. The highest BCUT2D eigenvalue weighted by atomic mass is 16.6. The number of benzene rings is 2. The molecule has 6 nitrogen and oxygen atoms in total. The topological polar surface area (TPSA) is 70.7 Å². The Morgan fingerprint density at radius 2 is 1.66 bits per heavy atom. The van der Waals surface area contributed by atoms with Gasteiger partial charge in [-0.15, -0.1) is 0 Å². The molecule has 2 aliphatic rings. The zero-order valence-corrected chi connectivity index (χ0v) is 19.0. The smallest absolute Gasteiger partial charge is 0.407 e. The quantitative estimate of drug-likeness (QED) is 0.653. The van der Waals surface area contributed by atoms with Crippen molar-refractivity contribution in [1.82, 2.24) is 10.2 Å². The van der Waals surface area contributed by atoms with E-state index in [1.165, 1.54) is 16.7 Å². The predicted molar refractivity (Wildman–Crippen MR) is 126 cm³/mol. The molecule has 0 spiro atoms. The number of rotatable bonds is 3. The fraction of sp³-hybridized carbons (Fsp3) is 0.385. The van der Waals surface area contributed by atoms with Crippen molar-refractivity contribution in [3.05, 3.63) is 71.3 Å². The Hall–Kier alpha value is -3.28. The largest absolute Gasteiger partial charge is 0.444 e. The number of fused-ring (bicyclic) bond motifs is 1. The fourth-order valence-corrected chi connectivity index (χ4v) is 4.15. The molecule has 32 heavy (non-hydrogen) atoms. The summed E-state index contributed by atoms with van der Waals surface area (Å²) in [6.07, 6.45) is 4.36. The molecule has 2 aromatic rings. The summed E-state index contributed by atoms with van der Waals surface area (Å²) in [4.78, 5) is 26.4. The second-order valence-electron chi connectivity index (χ2n) is 9.48. The summed E-state index contributed by atoms with van der Waals surface area (Å²) in [7, 11) is 0. The first-order chi connectivity index (χ1) is 15.3. The Balaban J connectivity index is 1.29. The predicted octanol–water partition coefficient (Wildman–Crippen LogP) is 5.69. The SMILES string of the molecule is CC(C)(C)OC(=O)NC1CC=C(c2ccc(NC(=O)N3Cc4ccccc4C3)cc2)CC1. The summed E-state index contributed by atoms with van der Waals surface area (Å²) in [6, 6.07) is 16.2. The lowest BCUT2D eigenvalue weighted by molar-refractivity contribution is 0.0502. The number of hydrogen-bond donors (Lipinski definition) is 2. The first kappa shape index (κ1) is 21.9. The van der Waals surface area contributed by atoms with Crippen molar-refractivity contribution in [2.75, 3.05) is 5.32 Å². The molecule has 0 bridgehead atoms. The van der Waals surface area contributed by atoms with Crippen LogP contribution in [0.15, 0.2) is 54.6 Å². The minimum Gasteiger partial charge on any atom is -0.444 e. The van der Waals surface area contributed by atoms with Crippen molar-refractivity contribution >= 4 is 23.4 Å². The molecule has 0 saturated carbocycles. The maximum atomic E-state index is 12.6. The molecule has 0 aromatic heterocycles. The van der Waals surface area contributed by atoms with Gasteiger partial charge in [0.25, 0.3) is 0 Å². The third-order valence-electron chi connectivity index (χ3n) is 5.77. The number of allylic oxidation sites excluding steroid dienone is 1. The molecular formula is C26H31N3O3. The van der Waals surface area contributed by atoms with Gasteiger partial charge in [-0.1, -0.05) is 42.5 Å². The van der Waals surface area contributed by atoms with Gasteiger partial charge in [0.05, 0.1) is 0 Å². The van der Waals surface area contributed by atoms with E-state index in [1.807, 2.05) is 62.1 Å². The van der Waals surface area contributed by atoms with Crippen molar-refractivity contribution in [1.29, 1.82) is 0 Å². The lowest BCUT2D eigenvalue weighted by Crippen LogP contribution is -2.39. The van der Waals surface area contributed by atoms with Crippen LogP contribution in [0.5, 0.6) is 0 Å². The van der Waals surface area contributed by atoms with E-state index in [9.17, 15) is 9.59 Å². The van der Waals surface area contributed by atoms with E-state index in [4.69, 9.17) is 4.74 Å². The summed E-state index contributed by atoms with van der Waals surface area (Å²) >= 11 is 0. The molecule has 2 aromatic carbocycles. The maximum absolute atomic E-state index is 12.6. The van der Waals surface area contributed by atoms with E-state index in [-0.39, 0.29) is 18.2 Å². The summed E-state index contributed by atoms with van der Waals surface area (Å²) in [5, 5.41) is 5.96. The van der Waals surface area contributed by atoms with Crippen LogP contribution in [-0.2, 0) is 17.8 Å². The van der Waals surface area contributed by atoms with Crippen LogP contribution in [0.25, 0.3) is 5.57 Å². The van der Waals surface area contributed by atoms with Crippen LogP contribution in [0.3, 0.4) is 0 Å². The molecular weight excluding hydrogens is 402 g/mol. The van der Waals surface area contributed by atoms with Gasteiger partial charge in [0.15, 0.2) is 0 Å². The normalized spacial score (nSPS) is 17.9. The molecule has 1 heterocycles. The molecule has 3 amide bonds. The van der Waals surface area contributed by atoms with Crippen LogP contribution < -0.4 is 10.6 Å². The van der Waals surface area contributed by atoms with Gasteiger partial charge in [0.1, 0.15) is 5.60 Å². The number of alkyl carbamates (subject to hydrolysis) is 1. The van der Waals surface area contributed by atoms with Crippen LogP contribution in [-0.4, -0.2) is 28.7 Å². The zero-order valence-electron chi connectivity index (χ0n) is 19.0. The standard InChI is InChI=1S/C26H31N3O3/c1-26(2,3)32-25(31)28-23-14-10-19(11-15-23)18-8-12-22(13-9-18)27-24(30)29-16-20-6-4-5-7-21(20)17-29/h4-10,12-13,23H,11,14-17H2,1-3H3,(H,27,30)(H,28,31). The highest BCUT2D eigenvalue weighted by molar-refractivity contribution is 5.90. The molecule has 0 saturated heterocycles. The lowest BCUT2D eigenvalue weighted by atomic mass is 9.91. The number of ether oxygens (including phenoxy) is 1. The van der Waals surface area contributed by atoms with Gasteiger partial charge in [0, 0.05) is 24.8 Å². The van der Waals surface area contributed by atoms with Gasteiger partial charge in [-0.3, -0.25) is 0 Å². The number of hydrogen-bond acceptors (Lipinski definition) is 3. The van der Waals surface area contributed by atoms with Crippen molar-refractivity contribution in [3.63, 3.8) is 0 Å². The lowest BCUT2D eigenvalue weighted by Gasteiger charge is -2.26. The fourth-order valence-electron chi connectivity index (χ4n) is 4.15. The summed E-state index contributed by atoms with van der Waals surface area (Å²) < 4.78 is 5.34. The van der Waals surface area contributed by atoms with Crippen LogP contribution in [0.4, 0.5) is 15.3 Å². The average Bonchev–Trinajstić information content (AvgIpc) is 3.18. The molecule has 1 aliphatic heterocycles. The van der Waals surface area contributed by atoms with Gasteiger partial charge in [-0.2, -0.15) is 0 Å². The van der Waals surface area contributed by atoms with E-state index in [1.54, 1.807) is 0 Å². The van der Waals surface area contributed by atoms with E-state index in [0.29, 0.717) is 13.1 Å². The molecule has 4 rings (SSSR count). The van der Waals surface area contributed by atoms with Crippen molar-refractivity contribution in [3.8, 4) is 0 Å². The van der Waals surface area contributed by atoms with Gasteiger partial charge in [-0.05, 0) is 74.4 Å². The molecule has 168 valence electrons. The number of nitrogens with zero attached hydrogens (tertiary/aromatic N) is 1. The van der Waals surface area contributed by atoms with Crippen molar-refractivity contribution in [2.24, 2.45) is 0 Å². The van der Waals surface area contributed by atoms with Crippen LogP contribution in [0.1, 0.15) is 56.7 Å². The highest BCUT2D eigenvalue weighted by Crippen LogP contribution is 2.28. The molecule has 0 fully saturated rings. The van der Waals surface area contributed by atoms with Crippen LogP contribution in [0, 0.1) is 0 Å². The van der Waals surface area contributed by atoms with Crippen molar-refractivity contribution in [2.45, 2.75) is 64.8 Å². The third kappa shape index (κ3) is 5.49. The summed E-state index contributed by atoms with van der Waals surface area (Å²) in [5.74, 6) is 0. The van der Waals surface area contributed by atoms with Gasteiger partial charge < -0.3 is 20.3 Å². The Morgan fingerprint density at radius 1 is 1.00 bits per heavy atom. The van der Waals surface area contributed by atoms with Crippen LogP contribution in [0.2, 0.25) is 0 Å². The molecule has 2 N–H and O–H groups in total. The Labute approximate surface area is 189 Å². The summed E-state index contributed by atoms with van der Waals surface area (Å²) in [6.45, 7) is 6.88. The maximum Gasteiger partial charge on any atom is 0.407 e. The van der Waals surface area contributed by atoms with Crippen LogP contribution >= 0.6 is 0 Å².